The summed E-state index contributed by atoms with van der Waals surface area (Å²) < 4.78 is 0. The zero-order valence-corrected chi connectivity index (χ0v) is 17.0. The monoisotopic (exact) mass is 409 g/mol. The molecule has 0 saturated heterocycles. The Balaban J connectivity index is 1.35. The summed E-state index contributed by atoms with van der Waals surface area (Å²) in [5.41, 5.74) is 4.70. The zero-order chi connectivity index (χ0) is 21.2. The molecule has 4 aromatic rings. The fourth-order valence-corrected chi connectivity index (χ4v) is 4.35. The van der Waals surface area contributed by atoms with Gasteiger partial charge in [0, 0.05) is 35.8 Å². The summed E-state index contributed by atoms with van der Waals surface area (Å²) in [6, 6.07) is 24.5. The fraction of sp³-hybridized carbons (Fsp3) is 0.154. The lowest BCUT2D eigenvalue weighted by atomic mass is 10.0. The summed E-state index contributed by atoms with van der Waals surface area (Å²) in [4.78, 5) is 31.3. The maximum Gasteiger partial charge on any atom is 0.255 e. The van der Waals surface area contributed by atoms with Crippen molar-refractivity contribution >= 4 is 22.7 Å². The number of hydrogen-bond donors (Lipinski definition) is 2. The molecule has 5 rings (SSSR count). The first-order valence-corrected chi connectivity index (χ1v) is 10.5. The topological polar surface area (TPSA) is 65.2 Å². The molecule has 2 amide bonds. The standard InChI is InChI=1S/C26H23N3O2/c30-25(27-15-14-19-16-28-23-13-7-6-11-21(19)23)24(18-8-2-1-3-9-18)29-17-20-10-4-5-12-22(20)26(29)31/h1-13,16,24,28H,14-15,17H2,(H,27,30). The number of aromatic amines is 1. The third-order valence-corrected chi connectivity index (χ3v) is 5.89. The second-order valence-corrected chi connectivity index (χ2v) is 7.80. The van der Waals surface area contributed by atoms with Gasteiger partial charge in [0.1, 0.15) is 6.04 Å². The Labute approximate surface area is 180 Å². The highest BCUT2D eigenvalue weighted by molar-refractivity contribution is 6.01. The first-order chi connectivity index (χ1) is 15.2. The molecule has 0 radical (unpaired) electrons. The normalized spacial score (nSPS) is 13.9. The number of benzene rings is 3. The van der Waals surface area contributed by atoms with Gasteiger partial charge >= 0.3 is 0 Å². The third-order valence-electron chi connectivity index (χ3n) is 5.89. The molecule has 0 bridgehead atoms. The van der Waals surface area contributed by atoms with Gasteiger partial charge in [-0.15, -0.1) is 0 Å². The summed E-state index contributed by atoms with van der Waals surface area (Å²) in [7, 11) is 0. The Morgan fingerprint density at radius 1 is 0.968 bits per heavy atom. The van der Waals surface area contributed by atoms with Crippen LogP contribution in [0.3, 0.4) is 0 Å². The van der Waals surface area contributed by atoms with Gasteiger partial charge in [0.25, 0.3) is 5.91 Å². The molecule has 0 saturated carbocycles. The highest BCUT2D eigenvalue weighted by Gasteiger charge is 2.37. The van der Waals surface area contributed by atoms with Crippen molar-refractivity contribution in [3.05, 3.63) is 107 Å². The molecule has 1 atom stereocenters. The second kappa shape index (κ2) is 8.11. The number of carbonyl (C=O) groups excluding carboxylic acids is 2. The largest absolute Gasteiger partial charge is 0.361 e. The molecule has 154 valence electrons. The number of amides is 2. The van der Waals surface area contributed by atoms with Gasteiger partial charge in [0.15, 0.2) is 0 Å². The van der Waals surface area contributed by atoms with Crippen LogP contribution in [-0.2, 0) is 17.8 Å². The number of H-pyrrole nitrogens is 1. The van der Waals surface area contributed by atoms with Crippen LogP contribution in [0.5, 0.6) is 0 Å². The van der Waals surface area contributed by atoms with Crippen LogP contribution >= 0.6 is 0 Å². The number of nitrogens with one attached hydrogen (secondary N) is 2. The van der Waals surface area contributed by atoms with Gasteiger partial charge in [-0.3, -0.25) is 9.59 Å². The number of aromatic nitrogens is 1. The van der Waals surface area contributed by atoms with E-state index in [-0.39, 0.29) is 11.8 Å². The Morgan fingerprint density at radius 2 is 1.71 bits per heavy atom. The van der Waals surface area contributed by atoms with Crippen molar-refractivity contribution in [3.63, 3.8) is 0 Å². The van der Waals surface area contributed by atoms with Gasteiger partial charge in [-0.1, -0.05) is 66.7 Å². The van der Waals surface area contributed by atoms with Crippen LogP contribution in [0, 0.1) is 0 Å². The van der Waals surface area contributed by atoms with Crippen molar-refractivity contribution in [1.29, 1.82) is 0 Å². The van der Waals surface area contributed by atoms with E-state index in [0.717, 1.165) is 22.2 Å². The lowest BCUT2D eigenvalue weighted by Gasteiger charge is -2.27. The van der Waals surface area contributed by atoms with Crippen LogP contribution in [0.1, 0.15) is 33.1 Å². The zero-order valence-electron chi connectivity index (χ0n) is 17.0. The van der Waals surface area contributed by atoms with Gasteiger partial charge in [0.05, 0.1) is 0 Å². The minimum absolute atomic E-state index is 0.101. The third kappa shape index (κ3) is 3.59. The van der Waals surface area contributed by atoms with Gasteiger partial charge in [-0.05, 0) is 35.2 Å². The van der Waals surface area contributed by atoms with Gasteiger partial charge in [-0.25, -0.2) is 0 Å². The van der Waals surface area contributed by atoms with Crippen molar-refractivity contribution in [1.82, 2.24) is 15.2 Å². The van der Waals surface area contributed by atoms with E-state index in [0.29, 0.717) is 25.1 Å². The van der Waals surface area contributed by atoms with E-state index in [9.17, 15) is 9.59 Å². The molecule has 5 heteroatoms. The SMILES string of the molecule is O=C(NCCc1c[nH]c2ccccc12)C(c1ccccc1)N1Cc2ccccc2C1=O. The van der Waals surface area contributed by atoms with Crippen molar-refractivity contribution < 1.29 is 9.59 Å². The summed E-state index contributed by atoms with van der Waals surface area (Å²) in [5, 5.41) is 4.23. The van der Waals surface area contributed by atoms with Crippen molar-refractivity contribution in [2.24, 2.45) is 0 Å². The molecular weight excluding hydrogens is 386 g/mol. The summed E-state index contributed by atoms with van der Waals surface area (Å²) in [5.74, 6) is -0.261. The lowest BCUT2D eigenvalue weighted by molar-refractivity contribution is -0.125. The maximum absolute atomic E-state index is 13.3. The van der Waals surface area contributed by atoms with E-state index in [1.807, 2.05) is 79.0 Å². The number of para-hydroxylation sites is 1. The Kier molecular flexibility index (Phi) is 5.00. The van der Waals surface area contributed by atoms with Crippen LogP contribution in [-0.4, -0.2) is 28.2 Å². The predicted molar refractivity (Wildman–Crippen MR) is 121 cm³/mol. The Hall–Kier alpha value is -3.86. The molecule has 1 unspecified atom stereocenters. The molecule has 1 aliphatic heterocycles. The molecule has 0 fully saturated rings. The highest BCUT2D eigenvalue weighted by atomic mass is 16.2. The van der Waals surface area contributed by atoms with Crippen molar-refractivity contribution in [3.8, 4) is 0 Å². The Morgan fingerprint density at radius 3 is 2.55 bits per heavy atom. The molecule has 0 spiro atoms. The predicted octanol–water partition coefficient (Wildman–Crippen LogP) is 4.22. The van der Waals surface area contributed by atoms with E-state index in [2.05, 4.69) is 16.4 Å². The fourth-order valence-electron chi connectivity index (χ4n) is 4.35. The van der Waals surface area contributed by atoms with Crippen LogP contribution in [0.2, 0.25) is 0 Å². The summed E-state index contributed by atoms with van der Waals surface area (Å²) in [6.07, 6.45) is 2.71. The molecule has 2 N–H and O–H groups in total. The van der Waals surface area contributed by atoms with Crippen LogP contribution in [0.15, 0.2) is 85.1 Å². The molecular formula is C26H23N3O2. The Bertz CT molecular complexity index is 1250. The van der Waals surface area contributed by atoms with E-state index in [1.165, 1.54) is 5.39 Å². The summed E-state index contributed by atoms with van der Waals surface area (Å²) in [6.45, 7) is 0.934. The molecule has 3 aromatic carbocycles. The second-order valence-electron chi connectivity index (χ2n) is 7.80. The van der Waals surface area contributed by atoms with Crippen LogP contribution < -0.4 is 5.32 Å². The maximum atomic E-state index is 13.3. The molecule has 0 aliphatic carbocycles. The average Bonchev–Trinajstić information content (AvgIpc) is 3.36. The summed E-state index contributed by atoms with van der Waals surface area (Å²) >= 11 is 0. The number of hydrogen-bond acceptors (Lipinski definition) is 2. The van der Waals surface area contributed by atoms with E-state index in [1.54, 1.807) is 4.90 Å². The molecule has 1 aromatic heterocycles. The first kappa shape index (κ1) is 19.1. The number of rotatable bonds is 6. The highest BCUT2D eigenvalue weighted by Crippen LogP contribution is 2.31. The molecule has 5 nitrogen and oxygen atoms in total. The molecule has 1 aliphatic rings. The number of carbonyl (C=O) groups is 2. The van der Waals surface area contributed by atoms with E-state index in [4.69, 9.17) is 0 Å². The van der Waals surface area contributed by atoms with E-state index < -0.39 is 6.04 Å². The van der Waals surface area contributed by atoms with Gasteiger partial charge in [-0.2, -0.15) is 0 Å². The van der Waals surface area contributed by atoms with Crippen molar-refractivity contribution in [2.75, 3.05) is 6.54 Å². The number of nitrogens with zero attached hydrogens (tertiary/aromatic N) is 1. The average molecular weight is 409 g/mol. The van der Waals surface area contributed by atoms with Crippen LogP contribution in [0.4, 0.5) is 0 Å². The van der Waals surface area contributed by atoms with Gasteiger partial charge in [0.2, 0.25) is 5.91 Å². The molecule has 2 heterocycles. The minimum atomic E-state index is -0.663. The van der Waals surface area contributed by atoms with Crippen LogP contribution in [0.25, 0.3) is 10.9 Å². The van der Waals surface area contributed by atoms with E-state index >= 15 is 0 Å². The molecule has 31 heavy (non-hydrogen) atoms. The lowest BCUT2D eigenvalue weighted by Crippen LogP contribution is -2.41. The van der Waals surface area contributed by atoms with Gasteiger partial charge < -0.3 is 15.2 Å². The smallest absolute Gasteiger partial charge is 0.255 e. The minimum Gasteiger partial charge on any atom is -0.361 e. The quantitative estimate of drug-likeness (QED) is 0.501. The first-order valence-electron chi connectivity index (χ1n) is 10.5. The van der Waals surface area contributed by atoms with Crippen molar-refractivity contribution in [2.45, 2.75) is 19.0 Å². The number of fused-ring (bicyclic) bond motifs is 2.